The molecule has 1 fully saturated rings. The first-order valence-corrected chi connectivity index (χ1v) is 12.0. The minimum atomic E-state index is -0.826. The molecule has 32 heavy (non-hydrogen) atoms. The average Bonchev–Trinajstić information content (AvgIpc) is 3.18. The maximum atomic E-state index is 13.8. The topological polar surface area (TPSA) is 72.9 Å². The van der Waals surface area contributed by atoms with Crippen LogP contribution in [-0.2, 0) is 19.1 Å². The van der Waals surface area contributed by atoms with Crippen LogP contribution in [0, 0.1) is 29.1 Å². The van der Waals surface area contributed by atoms with E-state index in [0.29, 0.717) is 22.9 Å². The second-order valence-corrected chi connectivity index (χ2v) is 10.5. The summed E-state index contributed by atoms with van der Waals surface area (Å²) in [6, 6.07) is 0.901. The fourth-order valence-corrected chi connectivity index (χ4v) is 4.77. The summed E-state index contributed by atoms with van der Waals surface area (Å²) in [5, 5.41) is 0. The molecule has 1 aliphatic rings. The van der Waals surface area contributed by atoms with Gasteiger partial charge in [0.25, 0.3) is 0 Å². The molecule has 0 saturated heterocycles. The maximum absolute atomic E-state index is 13.8. The number of amides is 1. The fraction of sp³-hybridized carbons (Fsp3) is 0.640. The third-order valence-electron chi connectivity index (χ3n) is 5.68. The van der Waals surface area contributed by atoms with Crippen LogP contribution in [0.2, 0.25) is 0 Å². The fourth-order valence-electron chi connectivity index (χ4n) is 3.84. The lowest BCUT2D eigenvalue weighted by Gasteiger charge is -2.34. The summed E-state index contributed by atoms with van der Waals surface area (Å²) in [5.74, 6) is 5.46. The highest BCUT2D eigenvalue weighted by atomic mass is 32.1. The Morgan fingerprint density at radius 3 is 2.28 bits per heavy atom. The zero-order chi connectivity index (χ0) is 24.1. The standard InChI is InChI=1S/C25H35NO5S/c1-8-19(23(28)30-6)26(22(27)17-11-9-16(2)10-12-17)20-15-18(13-14-25(3,4)5)32-21(20)24(29)31-7/h15-17,19H,8-12H2,1-7H3/t16?,17?,19-/m0/s1. The molecule has 1 aromatic rings. The number of esters is 2. The Morgan fingerprint density at radius 2 is 1.78 bits per heavy atom. The monoisotopic (exact) mass is 461 g/mol. The van der Waals surface area contributed by atoms with Crippen molar-refractivity contribution in [3.05, 3.63) is 15.8 Å². The normalized spacial score (nSPS) is 19.3. The van der Waals surface area contributed by atoms with Crippen LogP contribution < -0.4 is 4.90 Å². The number of nitrogens with zero attached hydrogens (tertiary/aromatic N) is 1. The largest absolute Gasteiger partial charge is 0.467 e. The zero-order valence-corrected chi connectivity index (χ0v) is 21.1. The molecule has 0 N–H and O–H groups in total. The van der Waals surface area contributed by atoms with Crippen LogP contribution in [0.15, 0.2) is 6.07 Å². The Kier molecular flexibility index (Phi) is 8.91. The van der Waals surface area contributed by atoms with Crippen molar-refractivity contribution < 1.29 is 23.9 Å². The van der Waals surface area contributed by atoms with Gasteiger partial charge >= 0.3 is 11.9 Å². The molecule has 1 aliphatic carbocycles. The molecule has 0 radical (unpaired) electrons. The Bertz CT molecular complexity index is 894. The number of hydrogen-bond acceptors (Lipinski definition) is 6. The number of ether oxygens (including phenoxy) is 2. The van der Waals surface area contributed by atoms with Crippen molar-refractivity contribution in [3.63, 3.8) is 0 Å². The molecule has 0 spiro atoms. The third kappa shape index (κ3) is 6.35. The Hall–Kier alpha value is -2.33. The number of carbonyl (C=O) groups excluding carboxylic acids is 3. The van der Waals surface area contributed by atoms with E-state index in [4.69, 9.17) is 9.47 Å². The highest BCUT2D eigenvalue weighted by molar-refractivity contribution is 7.15. The van der Waals surface area contributed by atoms with E-state index in [1.165, 1.54) is 30.5 Å². The van der Waals surface area contributed by atoms with Gasteiger partial charge in [0.05, 0.1) is 24.8 Å². The number of hydrogen-bond donors (Lipinski definition) is 0. The lowest BCUT2D eigenvalue weighted by atomic mass is 9.82. The molecule has 6 nitrogen and oxygen atoms in total. The average molecular weight is 462 g/mol. The summed E-state index contributed by atoms with van der Waals surface area (Å²) in [5.41, 5.74) is 0.155. The smallest absolute Gasteiger partial charge is 0.350 e. The highest BCUT2D eigenvalue weighted by Crippen LogP contribution is 2.37. The minimum Gasteiger partial charge on any atom is -0.467 e. The van der Waals surface area contributed by atoms with Crippen LogP contribution in [0.5, 0.6) is 0 Å². The Balaban J connectivity index is 2.61. The van der Waals surface area contributed by atoms with Crippen molar-refractivity contribution in [1.29, 1.82) is 0 Å². The van der Waals surface area contributed by atoms with Crippen LogP contribution in [0.4, 0.5) is 5.69 Å². The molecule has 0 aliphatic heterocycles. The summed E-state index contributed by atoms with van der Waals surface area (Å²) < 4.78 is 10.0. The van der Waals surface area contributed by atoms with Gasteiger partial charge in [0, 0.05) is 11.3 Å². The molecule has 0 aromatic carbocycles. The van der Waals surface area contributed by atoms with E-state index in [9.17, 15) is 14.4 Å². The van der Waals surface area contributed by atoms with Crippen LogP contribution in [0.1, 0.15) is 81.3 Å². The SMILES string of the molecule is CC[C@@H](C(=O)OC)N(C(=O)C1CCC(C)CC1)c1cc(C#CC(C)(C)C)sc1C(=O)OC. The van der Waals surface area contributed by atoms with Crippen LogP contribution >= 0.6 is 11.3 Å². The van der Waals surface area contributed by atoms with E-state index < -0.39 is 18.0 Å². The van der Waals surface area contributed by atoms with Gasteiger partial charge in [-0.1, -0.05) is 25.7 Å². The third-order valence-corrected chi connectivity index (χ3v) is 6.70. The van der Waals surface area contributed by atoms with Gasteiger partial charge in [-0.05, 0) is 64.9 Å². The van der Waals surface area contributed by atoms with Crippen LogP contribution in [-0.4, -0.2) is 38.1 Å². The van der Waals surface area contributed by atoms with Gasteiger partial charge in [0.2, 0.25) is 5.91 Å². The Labute approximate surface area is 195 Å². The first kappa shape index (κ1) is 25.9. The number of rotatable bonds is 6. The molecular weight excluding hydrogens is 426 g/mol. The minimum absolute atomic E-state index is 0.146. The lowest BCUT2D eigenvalue weighted by molar-refractivity contribution is -0.144. The zero-order valence-electron chi connectivity index (χ0n) is 20.2. The summed E-state index contributed by atoms with van der Waals surface area (Å²) in [6.07, 6.45) is 3.83. The Morgan fingerprint density at radius 1 is 1.16 bits per heavy atom. The van der Waals surface area contributed by atoms with Gasteiger partial charge in [0.1, 0.15) is 10.9 Å². The van der Waals surface area contributed by atoms with E-state index in [-0.39, 0.29) is 22.1 Å². The molecule has 1 aromatic heterocycles. The van der Waals surface area contributed by atoms with Gasteiger partial charge in [-0.3, -0.25) is 9.69 Å². The van der Waals surface area contributed by atoms with Crippen molar-refractivity contribution in [2.45, 2.75) is 72.8 Å². The van der Waals surface area contributed by atoms with Crippen molar-refractivity contribution >= 4 is 34.9 Å². The van der Waals surface area contributed by atoms with Gasteiger partial charge in [-0.15, -0.1) is 11.3 Å². The molecule has 176 valence electrons. The second kappa shape index (κ2) is 11.0. The predicted molar refractivity (Wildman–Crippen MR) is 127 cm³/mol. The van der Waals surface area contributed by atoms with E-state index >= 15 is 0 Å². The first-order chi connectivity index (χ1) is 15.0. The van der Waals surface area contributed by atoms with Crippen LogP contribution in [0.3, 0.4) is 0 Å². The predicted octanol–water partition coefficient (Wildman–Crippen LogP) is 5.04. The van der Waals surface area contributed by atoms with E-state index in [2.05, 4.69) is 18.8 Å². The summed E-state index contributed by atoms with van der Waals surface area (Å²) in [6.45, 7) is 10.0. The van der Waals surface area contributed by atoms with Crippen molar-refractivity contribution in [2.75, 3.05) is 19.1 Å². The molecule has 1 amide bonds. The van der Waals surface area contributed by atoms with Crippen molar-refractivity contribution in [3.8, 4) is 11.8 Å². The second-order valence-electron chi connectivity index (χ2n) is 9.43. The first-order valence-electron chi connectivity index (χ1n) is 11.2. The molecule has 1 saturated carbocycles. The van der Waals surface area contributed by atoms with Crippen molar-refractivity contribution in [2.24, 2.45) is 17.3 Å². The molecule has 0 bridgehead atoms. The molecule has 0 unspecified atom stereocenters. The summed E-state index contributed by atoms with van der Waals surface area (Å²) >= 11 is 1.18. The van der Waals surface area contributed by atoms with Gasteiger partial charge in [-0.25, -0.2) is 9.59 Å². The maximum Gasteiger partial charge on any atom is 0.350 e. The van der Waals surface area contributed by atoms with E-state index in [1.54, 1.807) is 6.07 Å². The van der Waals surface area contributed by atoms with Crippen LogP contribution in [0.25, 0.3) is 0 Å². The van der Waals surface area contributed by atoms with E-state index in [0.717, 1.165) is 25.7 Å². The van der Waals surface area contributed by atoms with Crippen molar-refractivity contribution in [1.82, 2.24) is 0 Å². The lowest BCUT2D eigenvalue weighted by Crippen LogP contribution is -2.49. The highest BCUT2D eigenvalue weighted by Gasteiger charge is 2.38. The number of anilines is 1. The van der Waals surface area contributed by atoms with Gasteiger partial charge < -0.3 is 9.47 Å². The van der Waals surface area contributed by atoms with Gasteiger partial charge in [-0.2, -0.15) is 0 Å². The summed E-state index contributed by atoms with van der Waals surface area (Å²) in [4.78, 5) is 41.4. The molecule has 7 heteroatoms. The number of thiophene rings is 1. The molecule has 2 rings (SSSR count). The number of methoxy groups -OCH3 is 2. The molecule has 1 atom stereocenters. The number of carbonyl (C=O) groups is 3. The summed E-state index contributed by atoms with van der Waals surface area (Å²) in [7, 11) is 2.61. The quantitative estimate of drug-likeness (QED) is 0.438. The molecule has 1 heterocycles. The van der Waals surface area contributed by atoms with Gasteiger partial charge in [0.15, 0.2) is 0 Å². The molecular formula is C25H35NO5S. The van der Waals surface area contributed by atoms with E-state index in [1.807, 2.05) is 27.7 Å².